The van der Waals surface area contributed by atoms with Crippen LogP contribution in [-0.2, 0) is 29.1 Å². The van der Waals surface area contributed by atoms with Gasteiger partial charge in [0.2, 0.25) is 11.8 Å². The Morgan fingerprint density at radius 3 is 2.18 bits per heavy atom. The maximum absolute atomic E-state index is 14.9. The minimum Gasteiger partial charge on any atom is -0.350 e. The third-order valence-electron chi connectivity index (χ3n) is 5.20. The topological polar surface area (TPSA) is 49.4 Å². The van der Waals surface area contributed by atoms with Gasteiger partial charge in [-0.15, -0.1) is 22.7 Å². The van der Waals surface area contributed by atoms with Gasteiger partial charge in [-0.3, -0.25) is 9.59 Å². The van der Waals surface area contributed by atoms with Crippen LogP contribution in [0.3, 0.4) is 0 Å². The number of hydrogen-bond acceptors (Lipinski definition) is 4. The van der Waals surface area contributed by atoms with Gasteiger partial charge in [0.1, 0.15) is 11.9 Å². The molecule has 0 radical (unpaired) electrons. The highest BCUT2D eigenvalue weighted by molar-refractivity contribution is 7.10. The van der Waals surface area contributed by atoms with Crippen LogP contribution in [0, 0.1) is 5.82 Å². The highest BCUT2D eigenvalue weighted by Crippen LogP contribution is 2.28. The molecule has 1 atom stereocenters. The molecule has 4 aromatic rings. The van der Waals surface area contributed by atoms with Gasteiger partial charge in [0.25, 0.3) is 0 Å². The highest BCUT2D eigenvalue weighted by Gasteiger charge is 2.33. The van der Waals surface area contributed by atoms with Gasteiger partial charge in [-0.2, -0.15) is 0 Å². The number of rotatable bonds is 9. The van der Waals surface area contributed by atoms with Crippen molar-refractivity contribution in [3.8, 4) is 0 Å². The van der Waals surface area contributed by atoms with Crippen LogP contribution in [0.15, 0.2) is 89.6 Å². The molecule has 7 heteroatoms. The number of benzene rings is 2. The second kappa shape index (κ2) is 11.0. The Bertz CT molecular complexity index is 1180. The molecule has 0 spiro atoms. The van der Waals surface area contributed by atoms with Crippen LogP contribution in [0.25, 0.3) is 0 Å². The molecule has 4 rings (SSSR count). The molecule has 0 saturated heterocycles. The van der Waals surface area contributed by atoms with Gasteiger partial charge in [-0.25, -0.2) is 4.39 Å². The van der Waals surface area contributed by atoms with E-state index in [0.717, 1.165) is 15.3 Å². The Hall–Kier alpha value is -3.29. The molecule has 1 unspecified atom stereocenters. The molecular formula is C26H23FN2O2S2. The van der Waals surface area contributed by atoms with Crippen LogP contribution < -0.4 is 5.32 Å². The SMILES string of the molecule is O=C(NCc1ccccc1)C(c1ccccc1F)N(Cc1cccs1)C(=O)Cc1cccs1. The fourth-order valence-corrected chi connectivity index (χ4v) is 4.99. The fourth-order valence-electron chi connectivity index (χ4n) is 3.59. The Morgan fingerprint density at radius 1 is 0.848 bits per heavy atom. The number of amides is 2. The molecular weight excluding hydrogens is 455 g/mol. The summed E-state index contributed by atoms with van der Waals surface area (Å²) in [6.07, 6.45) is 0.153. The summed E-state index contributed by atoms with van der Waals surface area (Å²) in [4.78, 5) is 30.3. The largest absolute Gasteiger partial charge is 0.350 e. The van der Waals surface area contributed by atoms with Gasteiger partial charge in [-0.05, 0) is 34.5 Å². The van der Waals surface area contributed by atoms with Crippen LogP contribution in [0.5, 0.6) is 0 Å². The second-order valence-electron chi connectivity index (χ2n) is 7.48. The first-order valence-corrected chi connectivity index (χ1v) is 12.3. The Morgan fingerprint density at radius 2 is 1.52 bits per heavy atom. The Balaban J connectivity index is 1.67. The van der Waals surface area contributed by atoms with Gasteiger partial charge in [0, 0.05) is 21.9 Å². The molecule has 0 aliphatic rings. The normalized spacial score (nSPS) is 11.7. The molecule has 168 valence electrons. The van der Waals surface area contributed by atoms with E-state index in [0.29, 0.717) is 0 Å². The molecule has 2 amide bonds. The summed E-state index contributed by atoms with van der Waals surface area (Å²) in [5.74, 6) is -1.16. The molecule has 4 nitrogen and oxygen atoms in total. The smallest absolute Gasteiger partial charge is 0.247 e. The molecule has 0 saturated carbocycles. The second-order valence-corrected chi connectivity index (χ2v) is 9.55. The molecule has 33 heavy (non-hydrogen) atoms. The number of carbonyl (C=O) groups excluding carboxylic acids is 2. The average Bonchev–Trinajstić information content (AvgIpc) is 3.53. The van der Waals surface area contributed by atoms with Crippen molar-refractivity contribution in [3.05, 3.63) is 116 Å². The molecule has 2 aromatic heterocycles. The van der Waals surface area contributed by atoms with Gasteiger partial charge < -0.3 is 10.2 Å². The van der Waals surface area contributed by atoms with E-state index in [4.69, 9.17) is 0 Å². The first kappa shape index (κ1) is 22.9. The molecule has 2 heterocycles. The van der Waals surface area contributed by atoms with Crippen LogP contribution in [0.1, 0.15) is 26.9 Å². The fraction of sp³-hybridized carbons (Fsp3) is 0.154. The predicted octanol–water partition coefficient (Wildman–Crippen LogP) is 5.58. The molecule has 0 aliphatic heterocycles. The summed E-state index contributed by atoms with van der Waals surface area (Å²) in [6, 6.07) is 22.1. The lowest BCUT2D eigenvalue weighted by atomic mass is 10.0. The van der Waals surface area contributed by atoms with Crippen molar-refractivity contribution in [1.82, 2.24) is 10.2 Å². The first-order valence-electron chi connectivity index (χ1n) is 10.5. The number of nitrogens with one attached hydrogen (secondary N) is 1. The van der Waals surface area contributed by atoms with Crippen molar-refractivity contribution >= 4 is 34.5 Å². The van der Waals surface area contributed by atoms with Gasteiger partial charge in [0.05, 0.1) is 13.0 Å². The van der Waals surface area contributed by atoms with E-state index in [-0.39, 0.29) is 31.0 Å². The number of halogens is 1. The van der Waals surface area contributed by atoms with Crippen molar-refractivity contribution in [2.75, 3.05) is 0 Å². The first-order chi connectivity index (χ1) is 16.1. The van der Waals surface area contributed by atoms with E-state index in [1.807, 2.05) is 65.4 Å². The molecule has 2 aromatic carbocycles. The Labute approximate surface area is 200 Å². The lowest BCUT2D eigenvalue weighted by molar-refractivity contribution is -0.141. The van der Waals surface area contributed by atoms with Crippen molar-refractivity contribution in [2.24, 2.45) is 0 Å². The molecule has 0 bridgehead atoms. The monoisotopic (exact) mass is 478 g/mol. The van der Waals surface area contributed by atoms with E-state index < -0.39 is 17.8 Å². The maximum Gasteiger partial charge on any atom is 0.247 e. The van der Waals surface area contributed by atoms with Crippen LogP contribution in [0.4, 0.5) is 4.39 Å². The van der Waals surface area contributed by atoms with Crippen molar-refractivity contribution < 1.29 is 14.0 Å². The predicted molar refractivity (Wildman–Crippen MR) is 130 cm³/mol. The molecule has 0 aliphatic carbocycles. The summed E-state index contributed by atoms with van der Waals surface area (Å²) >= 11 is 2.98. The minimum atomic E-state index is -1.09. The van der Waals surface area contributed by atoms with E-state index in [1.165, 1.54) is 33.6 Å². The zero-order chi connectivity index (χ0) is 23.0. The van der Waals surface area contributed by atoms with Crippen LogP contribution >= 0.6 is 22.7 Å². The Kier molecular flexibility index (Phi) is 7.65. The zero-order valence-electron chi connectivity index (χ0n) is 17.8. The van der Waals surface area contributed by atoms with Gasteiger partial charge >= 0.3 is 0 Å². The quantitative estimate of drug-likeness (QED) is 0.342. The van der Waals surface area contributed by atoms with Gasteiger partial charge in [-0.1, -0.05) is 60.7 Å². The van der Waals surface area contributed by atoms with Crippen molar-refractivity contribution in [1.29, 1.82) is 0 Å². The molecule has 1 N–H and O–H groups in total. The number of thiophene rings is 2. The lowest BCUT2D eigenvalue weighted by Gasteiger charge is -2.31. The molecule has 0 fully saturated rings. The average molecular weight is 479 g/mol. The number of carbonyl (C=O) groups is 2. The highest BCUT2D eigenvalue weighted by atomic mass is 32.1. The summed E-state index contributed by atoms with van der Waals surface area (Å²) < 4.78 is 14.9. The number of nitrogens with zero attached hydrogens (tertiary/aromatic N) is 1. The minimum absolute atomic E-state index is 0.153. The van der Waals surface area contributed by atoms with E-state index in [2.05, 4.69) is 5.32 Å². The third-order valence-corrected chi connectivity index (χ3v) is 6.94. The summed E-state index contributed by atoms with van der Waals surface area (Å²) in [5, 5.41) is 6.74. The van der Waals surface area contributed by atoms with E-state index in [9.17, 15) is 14.0 Å². The van der Waals surface area contributed by atoms with Gasteiger partial charge in [0.15, 0.2) is 0 Å². The maximum atomic E-state index is 14.9. The van der Waals surface area contributed by atoms with Crippen molar-refractivity contribution in [3.63, 3.8) is 0 Å². The van der Waals surface area contributed by atoms with Crippen LogP contribution in [-0.4, -0.2) is 16.7 Å². The van der Waals surface area contributed by atoms with Crippen molar-refractivity contribution in [2.45, 2.75) is 25.6 Å². The summed E-state index contributed by atoms with van der Waals surface area (Å²) in [6.45, 7) is 0.510. The van der Waals surface area contributed by atoms with E-state index in [1.54, 1.807) is 18.2 Å². The number of hydrogen-bond donors (Lipinski definition) is 1. The standard InChI is InChI=1S/C26H23FN2O2S2/c27-23-13-5-4-12-22(23)25(26(31)28-17-19-8-2-1-3-9-19)29(18-21-11-7-15-33-21)24(30)16-20-10-6-14-32-20/h1-15,25H,16-18H2,(H,28,31). The van der Waals surface area contributed by atoms with Crippen LogP contribution in [0.2, 0.25) is 0 Å². The lowest BCUT2D eigenvalue weighted by Crippen LogP contribution is -2.44. The third kappa shape index (κ3) is 5.94. The summed E-state index contributed by atoms with van der Waals surface area (Å²) in [7, 11) is 0. The summed E-state index contributed by atoms with van der Waals surface area (Å²) in [5.41, 5.74) is 1.10. The zero-order valence-corrected chi connectivity index (χ0v) is 19.5. The van der Waals surface area contributed by atoms with E-state index >= 15 is 0 Å².